The number of esters is 1. The maximum absolute atomic E-state index is 12.7. The fourth-order valence-electron chi connectivity index (χ4n) is 3.62. The Balaban J connectivity index is 1.22. The molecule has 2 N–H and O–H groups in total. The fraction of sp³-hybridized carbons (Fsp3) is 0.0345. The molecular formula is C29H21N3O6. The van der Waals surface area contributed by atoms with Gasteiger partial charge in [-0.2, -0.15) is 5.10 Å². The molecule has 9 heteroatoms. The number of anilines is 1. The molecule has 0 aliphatic carbocycles. The van der Waals surface area contributed by atoms with Crippen molar-refractivity contribution in [2.45, 2.75) is 0 Å². The van der Waals surface area contributed by atoms with E-state index in [1.807, 2.05) is 6.07 Å². The quantitative estimate of drug-likeness (QED) is 0.163. The molecule has 0 radical (unpaired) electrons. The summed E-state index contributed by atoms with van der Waals surface area (Å²) < 4.78 is 16.1. The highest BCUT2D eigenvalue weighted by atomic mass is 16.7. The number of carbonyl (C=O) groups is 3. The summed E-state index contributed by atoms with van der Waals surface area (Å²) in [4.78, 5) is 37.7. The van der Waals surface area contributed by atoms with Gasteiger partial charge in [-0.1, -0.05) is 36.4 Å². The lowest BCUT2D eigenvalue weighted by molar-refractivity contribution is 0.0733. The Morgan fingerprint density at radius 2 is 1.50 bits per heavy atom. The van der Waals surface area contributed by atoms with Gasteiger partial charge in [-0.25, -0.2) is 10.2 Å². The first-order valence-electron chi connectivity index (χ1n) is 11.6. The average molecular weight is 508 g/mol. The molecule has 9 nitrogen and oxygen atoms in total. The van der Waals surface area contributed by atoms with Crippen LogP contribution in [0.5, 0.6) is 17.2 Å². The average Bonchev–Trinajstić information content (AvgIpc) is 3.42. The molecule has 2 amide bonds. The third-order valence-corrected chi connectivity index (χ3v) is 5.52. The largest absolute Gasteiger partial charge is 0.454 e. The van der Waals surface area contributed by atoms with E-state index >= 15 is 0 Å². The van der Waals surface area contributed by atoms with Crippen LogP contribution in [0.15, 0.2) is 102 Å². The number of para-hydroxylation sites is 1. The second kappa shape index (κ2) is 11.1. The lowest BCUT2D eigenvalue weighted by Crippen LogP contribution is -2.18. The second-order valence-corrected chi connectivity index (χ2v) is 8.10. The first-order valence-corrected chi connectivity index (χ1v) is 11.6. The van der Waals surface area contributed by atoms with Gasteiger partial charge in [0.1, 0.15) is 5.75 Å². The van der Waals surface area contributed by atoms with Gasteiger partial charge in [0.15, 0.2) is 11.5 Å². The highest BCUT2D eigenvalue weighted by Crippen LogP contribution is 2.33. The lowest BCUT2D eigenvalue weighted by atomic mass is 10.1. The Kier molecular flexibility index (Phi) is 7.08. The molecule has 38 heavy (non-hydrogen) atoms. The highest BCUT2D eigenvalue weighted by molar-refractivity contribution is 6.05. The van der Waals surface area contributed by atoms with Crippen molar-refractivity contribution in [2.75, 3.05) is 12.1 Å². The zero-order valence-electron chi connectivity index (χ0n) is 19.9. The van der Waals surface area contributed by atoms with Gasteiger partial charge in [0.2, 0.25) is 6.79 Å². The zero-order valence-corrected chi connectivity index (χ0v) is 19.9. The van der Waals surface area contributed by atoms with Crippen LogP contribution in [0.3, 0.4) is 0 Å². The van der Waals surface area contributed by atoms with Crippen molar-refractivity contribution in [1.29, 1.82) is 0 Å². The summed E-state index contributed by atoms with van der Waals surface area (Å²) in [5, 5.41) is 6.77. The standard InChI is InChI=1S/C29H21N3O6/c33-27(19-7-2-1-3-8-19)31-23-11-6-10-20(15-23)28(34)32-30-17-22-9-4-5-12-24(22)38-29(35)21-13-14-25-26(16-21)37-18-36-25/h1-17H,18H2,(H,31,33)(H,32,34). The Bertz CT molecular complexity index is 1530. The summed E-state index contributed by atoms with van der Waals surface area (Å²) in [6.45, 7) is 0.103. The number of hydrogen-bond acceptors (Lipinski definition) is 7. The molecular weight excluding hydrogens is 486 g/mol. The van der Waals surface area contributed by atoms with Crippen molar-refractivity contribution in [3.8, 4) is 17.2 Å². The summed E-state index contributed by atoms with van der Waals surface area (Å²) in [7, 11) is 0. The molecule has 0 saturated heterocycles. The first kappa shape index (κ1) is 24.3. The van der Waals surface area contributed by atoms with Crippen LogP contribution in [-0.2, 0) is 0 Å². The van der Waals surface area contributed by atoms with Gasteiger partial charge in [-0.15, -0.1) is 0 Å². The monoisotopic (exact) mass is 507 g/mol. The molecule has 0 spiro atoms. The van der Waals surface area contributed by atoms with Crippen LogP contribution < -0.4 is 25.0 Å². The summed E-state index contributed by atoms with van der Waals surface area (Å²) in [6.07, 6.45) is 1.38. The van der Waals surface area contributed by atoms with Crippen LogP contribution in [0.4, 0.5) is 5.69 Å². The van der Waals surface area contributed by atoms with Crippen molar-refractivity contribution in [3.63, 3.8) is 0 Å². The van der Waals surface area contributed by atoms with Gasteiger partial charge >= 0.3 is 5.97 Å². The molecule has 1 aliphatic heterocycles. The van der Waals surface area contributed by atoms with Crippen LogP contribution in [0.25, 0.3) is 0 Å². The second-order valence-electron chi connectivity index (χ2n) is 8.10. The molecule has 0 aromatic heterocycles. The van der Waals surface area contributed by atoms with Gasteiger partial charge in [-0.3, -0.25) is 9.59 Å². The fourth-order valence-corrected chi connectivity index (χ4v) is 3.62. The van der Waals surface area contributed by atoms with Gasteiger partial charge in [0.25, 0.3) is 11.8 Å². The normalized spacial score (nSPS) is 11.7. The van der Waals surface area contributed by atoms with E-state index in [1.165, 1.54) is 6.21 Å². The third-order valence-electron chi connectivity index (χ3n) is 5.52. The Hall–Kier alpha value is -5.44. The van der Waals surface area contributed by atoms with Crippen molar-refractivity contribution in [2.24, 2.45) is 5.10 Å². The maximum atomic E-state index is 12.7. The predicted molar refractivity (Wildman–Crippen MR) is 140 cm³/mol. The van der Waals surface area contributed by atoms with Gasteiger partial charge in [-0.05, 0) is 60.7 Å². The Labute approximate surface area is 217 Å². The number of hydrogen-bond donors (Lipinski definition) is 2. The Morgan fingerprint density at radius 1 is 0.737 bits per heavy atom. The van der Waals surface area contributed by atoms with E-state index in [0.717, 1.165) is 0 Å². The number of carbonyl (C=O) groups excluding carboxylic acids is 3. The summed E-state index contributed by atoms with van der Waals surface area (Å²) >= 11 is 0. The van der Waals surface area contributed by atoms with E-state index in [1.54, 1.807) is 91.0 Å². The van der Waals surface area contributed by atoms with E-state index in [0.29, 0.717) is 39.4 Å². The summed E-state index contributed by atoms with van der Waals surface area (Å²) in [6, 6.07) is 26.8. The van der Waals surface area contributed by atoms with Gasteiger partial charge in [0, 0.05) is 22.4 Å². The molecule has 4 aromatic rings. The van der Waals surface area contributed by atoms with Gasteiger partial charge in [0.05, 0.1) is 11.8 Å². The molecule has 0 fully saturated rings. The van der Waals surface area contributed by atoms with Crippen molar-refractivity contribution < 1.29 is 28.6 Å². The van der Waals surface area contributed by atoms with E-state index in [2.05, 4.69) is 15.8 Å². The van der Waals surface area contributed by atoms with Gasteiger partial charge < -0.3 is 19.5 Å². The molecule has 0 atom stereocenters. The Morgan fingerprint density at radius 3 is 2.37 bits per heavy atom. The minimum atomic E-state index is -0.581. The molecule has 0 unspecified atom stereocenters. The first-order chi connectivity index (χ1) is 18.6. The van der Waals surface area contributed by atoms with E-state index < -0.39 is 11.9 Å². The summed E-state index contributed by atoms with van der Waals surface area (Å²) in [5.74, 6) is -0.0454. The SMILES string of the molecule is O=C(NN=Cc1ccccc1OC(=O)c1ccc2c(c1)OCO2)c1cccc(NC(=O)c2ccccc2)c1. The topological polar surface area (TPSA) is 115 Å². The van der Waals surface area contributed by atoms with Crippen LogP contribution in [0, 0.1) is 0 Å². The van der Waals surface area contributed by atoms with Crippen molar-refractivity contribution in [3.05, 3.63) is 119 Å². The number of nitrogens with zero attached hydrogens (tertiary/aromatic N) is 1. The number of benzene rings is 4. The number of nitrogens with one attached hydrogen (secondary N) is 2. The van der Waals surface area contributed by atoms with E-state index in [-0.39, 0.29) is 18.4 Å². The van der Waals surface area contributed by atoms with Crippen molar-refractivity contribution >= 4 is 29.7 Å². The molecule has 1 heterocycles. The van der Waals surface area contributed by atoms with E-state index in [9.17, 15) is 14.4 Å². The minimum Gasteiger partial charge on any atom is -0.454 e. The predicted octanol–water partition coefficient (Wildman–Crippen LogP) is 4.65. The van der Waals surface area contributed by atoms with E-state index in [4.69, 9.17) is 14.2 Å². The van der Waals surface area contributed by atoms with Crippen LogP contribution in [0.1, 0.15) is 36.6 Å². The lowest BCUT2D eigenvalue weighted by Gasteiger charge is -2.08. The zero-order chi connectivity index (χ0) is 26.3. The molecule has 0 saturated carbocycles. The molecule has 188 valence electrons. The summed E-state index contributed by atoms with van der Waals surface area (Å²) in [5.41, 5.74) is 4.50. The number of amides is 2. The smallest absolute Gasteiger partial charge is 0.343 e. The third kappa shape index (κ3) is 5.68. The molecule has 1 aliphatic rings. The van der Waals surface area contributed by atoms with Crippen LogP contribution in [0.2, 0.25) is 0 Å². The molecule has 0 bridgehead atoms. The highest BCUT2D eigenvalue weighted by Gasteiger charge is 2.18. The number of fused-ring (bicyclic) bond motifs is 1. The number of hydrazone groups is 1. The maximum Gasteiger partial charge on any atom is 0.343 e. The minimum absolute atomic E-state index is 0.103. The molecule has 5 rings (SSSR count). The molecule has 4 aromatic carbocycles. The number of rotatable bonds is 7. The van der Waals surface area contributed by atoms with Crippen molar-refractivity contribution in [1.82, 2.24) is 5.43 Å². The van der Waals surface area contributed by atoms with Crippen LogP contribution >= 0.6 is 0 Å². The van der Waals surface area contributed by atoms with Crippen LogP contribution in [-0.4, -0.2) is 30.8 Å². The number of ether oxygens (including phenoxy) is 3.